The maximum absolute atomic E-state index is 9.50. The Morgan fingerprint density at radius 2 is 2.11 bits per heavy atom. The second-order valence-corrected chi connectivity index (χ2v) is 5.27. The Morgan fingerprint density at radius 3 is 2.79 bits per heavy atom. The number of nitrogens with zero attached hydrogens (tertiary/aromatic N) is 5. The molecule has 0 aromatic carbocycles. The van der Waals surface area contributed by atoms with E-state index in [0.29, 0.717) is 12.2 Å². The molecule has 0 unspecified atom stereocenters. The van der Waals surface area contributed by atoms with E-state index >= 15 is 0 Å². The Bertz CT molecular complexity index is 591. The normalized spacial score (nSPS) is 17.3. The first kappa shape index (κ1) is 12.6. The Morgan fingerprint density at radius 1 is 1.37 bits per heavy atom. The number of rotatable bonds is 3. The van der Waals surface area contributed by atoms with Crippen molar-refractivity contribution in [1.82, 2.24) is 19.5 Å². The molecule has 6 nitrogen and oxygen atoms in total. The third-order valence-electron chi connectivity index (χ3n) is 3.28. The highest BCUT2D eigenvalue weighted by Gasteiger charge is 2.20. The van der Waals surface area contributed by atoms with E-state index in [-0.39, 0.29) is 5.28 Å². The van der Waals surface area contributed by atoms with Crippen molar-refractivity contribution in [3.63, 3.8) is 0 Å². The van der Waals surface area contributed by atoms with Gasteiger partial charge in [-0.2, -0.15) is 9.97 Å². The van der Waals surface area contributed by atoms with Gasteiger partial charge in [-0.25, -0.2) is 4.98 Å². The lowest BCUT2D eigenvalue weighted by molar-refractivity contribution is 0.175. The summed E-state index contributed by atoms with van der Waals surface area (Å²) in [7, 11) is 0. The molecule has 7 heteroatoms. The molecule has 0 radical (unpaired) electrons. The van der Waals surface area contributed by atoms with Crippen LogP contribution in [0.5, 0.6) is 0 Å². The molecule has 2 aromatic heterocycles. The van der Waals surface area contributed by atoms with Crippen LogP contribution in [0.15, 0.2) is 6.33 Å². The number of fused-ring (bicyclic) bond motifs is 1. The summed E-state index contributed by atoms with van der Waals surface area (Å²) in [4.78, 5) is 15.1. The van der Waals surface area contributed by atoms with Crippen molar-refractivity contribution < 1.29 is 5.11 Å². The molecule has 1 fully saturated rings. The molecule has 102 valence electrons. The predicted octanol–water partition coefficient (Wildman–Crippen LogP) is 1.46. The summed E-state index contributed by atoms with van der Waals surface area (Å²) < 4.78 is 1.81. The molecule has 0 spiro atoms. The molecule has 3 heterocycles. The molecule has 0 amide bonds. The highest BCUT2D eigenvalue weighted by Crippen LogP contribution is 2.27. The zero-order valence-corrected chi connectivity index (χ0v) is 11.5. The molecule has 2 aromatic rings. The minimum atomic E-state index is -0.457. The summed E-state index contributed by atoms with van der Waals surface area (Å²) in [5, 5.41) is 9.72. The van der Waals surface area contributed by atoms with Gasteiger partial charge in [0.1, 0.15) is 0 Å². The van der Waals surface area contributed by atoms with Gasteiger partial charge in [-0.15, -0.1) is 0 Å². The topological polar surface area (TPSA) is 67.1 Å². The van der Waals surface area contributed by atoms with Gasteiger partial charge < -0.3 is 14.6 Å². The Hall–Kier alpha value is -1.40. The molecular formula is C12H16ClN5O. The van der Waals surface area contributed by atoms with Crippen LogP contribution in [-0.4, -0.2) is 43.8 Å². The van der Waals surface area contributed by atoms with Crippen molar-refractivity contribution >= 4 is 28.6 Å². The highest BCUT2D eigenvalue weighted by atomic mass is 35.5. The summed E-state index contributed by atoms with van der Waals surface area (Å²) in [6.07, 6.45) is 3.55. The van der Waals surface area contributed by atoms with Crippen LogP contribution in [0.1, 0.15) is 19.8 Å². The lowest BCUT2D eigenvalue weighted by Crippen LogP contribution is -2.20. The fourth-order valence-electron chi connectivity index (χ4n) is 2.47. The minimum Gasteiger partial charge on any atom is -0.392 e. The van der Waals surface area contributed by atoms with Gasteiger partial charge in [0, 0.05) is 13.1 Å². The second-order valence-electron chi connectivity index (χ2n) is 4.93. The van der Waals surface area contributed by atoms with Gasteiger partial charge in [0.05, 0.1) is 19.0 Å². The molecular weight excluding hydrogens is 266 g/mol. The summed E-state index contributed by atoms with van der Waals surface area (Å²) in [5.74, 6) is 0.803. The van der Waals surface area contributed by atoms with Crippen LogP contribution in [0.3, 0.4) is 0 Å². The number of hydrogen-bond donors (Lipinski definition) is 1. The largest absolute Gasteiger partial charge is 0.392 e. The van der Waals surface area contributed by atoms with Crippen molar-refractivity contribution in [2.45, 2.75) is 32.4 Å². The van der Waals surface area contributed by atoms with Crippen LogP contribution < -0.4 is 4.90 Å². The number of aromatic nitrogens is 4. The van der Waals surface area contributed by atoms with E-state index in [1.54, 1.807) is 13.3 Å². The smallest absolute Gasteiger partial charge is 0.226 e. The highest BCUT2D eigenvalue weighted by molar-refractivity contribution is 6.28. The fourth-order valence-corrected chi connectivity index (χ4v) is 2.63. The molecule has 1 saturated heterocycles. The van der Waals surface area contributed by atoms with Crippen LogP contribution >= 0.6 is 11.6 Å². The third kappa shape index (κ3) is 2.37. The van der Waals surface area contributed by atoms with Gasteiger partial charge in [0.15, 0.2) is 17.0 Å². The number of aliphatic hydroxyl groups is 1. The van der Waals surface area contributed by atoms with Crippen molar-refractivity contribution in [1.29, 1.82) is 0 Å². The monoisotopic (exact) mass is 281 g/mol. The quantitative estimate of drug-likeness (QED) is 0.863. The second kappa shape index (κ2) is 4.94. The molecule has 1 N–H and O–H groups in total. The average molecular weight is 282 g/mol. The van der Waals surface area contributed by atoms with Crippen molar-refractivity contribution in [2.24, 2.45) is 0 Å². The van der Waals surface area contributed by atoms with E-state index in [0.717, 1.165) is 37.3 Å². The number of halogens is 1. The zero-order chi connectivity index (χ0) is 13.4. The molecule has 0 bridgehead atoms. The van der Waals surface area contributed by atoms with E-state index < -0.39 is 6.10 Å². The summed E-state index contributed by atoms with van der Waals surface area (Å²) in [6.45, 7) is 4.14. The van der Waals surface area contributed by atoms with Gasteiger partial charge in [-0.1, -0.05) is 0 Å². The van der Waals surface area contributed by atoms with Crippen LogP contribution in [0.4, 0.5) is 5.82 Å². The third-order valence-corrected chi connectivity index (χ3v) is 3.45. The molecule has 0 aliphatic carbocycles. The number of hydrogen-bond acceptors (Lipinski definition) is 5. The summed E-state index contributed by atoms with van der Waals surface area (Å²) in [5.41, 5.74) is 1.44. The number of imidazole rings is 1. The summed E-state index contributed by atoms with van der Waals surface area (Å²) in [6, 6.07) is 0. The standard InChI is InChI=1S/C12H16ClN5O/c1-8(19)6-18-7-14-9-10(17-4-2-3-5-17)15-12(13)16-11(9)18/h7-8,19H,2-6H2,1H3/t8-/m1/s1. The minimum absolute atomic E-state index is 0.224. The van der Waals surface area contributed by atoms with Crippen molar-refractivity contribution in [3.8, 4) is 0 Å². The molecule has 1 atom stereocenters. The predicted molar refractivity (Wildman–Crippen MR) is 73.5 cm³/mol. The zero-order valence-electron chi connectivity index (χ0n) is 10.8. The van der Waals surface area contributed by atoms with Gasteiger partial charge in [0.25, 0.3) is 0 Å². The van der Waals surface area contributed by atoms with E-state index in [1.165, 1.54) is 0 Å². The van der Waals surface area contributed by atoms with Crippen LogP contribution in [-0.2, 0) is 6.54 Å². The molecule has 0 saturated carbocycles. The van der Waals surface area contributed by atoms with Gasteiger partial charge in [-0.05, 0) is 31.4 Å². The maximum Gasteiger partial charge on any atom is 0.226 e. The number of aliphatic hydroxyl groups excluding tert-OH is 1. The van der Waals surface area contributed by atoms with Crippen LogP contribution in [0.2, 0.25) is 5.28 Å². The average Bonchev–Trinajstić information content (AvgIpc) is 2.98. The summed E-state index contributed by atoms with van der Waals surface area (Å²) >= 11 is 6.02. The van der Waals surface area contributed by atoms with Gasteiger partial charge >= 0.3 is 0 Å². The maximum atomic E-state index is 9.50. The van der Waals surface area contributed by atoms with E-state index in [4.69, 9.17) is 11.6 Å². The first-order chi connectivity index (χ1) is 9.15. The molecule has 1 aliphatic rings. The number of anilines is 1. The van der Waals surface area contributed by atoms with Crippen LogP contribution in [0, 0.1) is 0 Å². The van der Waals surface area contributed by atoms with Crippen molar-refractivity contribution in [3.05, 3.63) is 11.6 Å². The fraction of sp³-hybridized carbons (Fsp3) is 0.583. The van der Waals surface area contributed by atoms with Crippen molar-refractivity contribution in [2.75, 3.05) is 18.0 Å². The first-order valence-corrected chi connectivity index (χ1v) is 6.84. The molecule has 3 rings (SSSR count). The lowest BCUT2D eigenvalue weighted by Gasteiger charge is -2.16. The van der Waals surface area contributed by atoms with E-state index in [9.17, 15) is 5.11 Å². The lowest BCUT2D eigenvalue weighted by atomic mass is 10.4. The molecule has 19 heavy (non-hydrogen) atoms. The first-order valence-electron chi connectivity index (χ1n) is 6.46. The van der Waals surface area contributed by atoms with Crippen LogP contribution in [0.25, 0.3) is 11.2 Å². The SMILES string of the molecule is C[C@@H](O)Cn1cnc2c(N3CCCC3)nc(Cl)nc21. The Labute approximate surface area is 116 Å². The van der Waals surface area contributed by atoms with Gasteiger partial charge in [-0.3, -0.25) is 0 Å². The Kier molecular flexibility index (Phi) is 3.28. The van der Waals surface area contributed by atoms with E-state index in [1.807, 2.05) is 4.57 Å². The van der Waals surface area contributed by atoms with Gasteiger partial charge in [0.2, 0.25) is 5.28 Å². The van der Waals surface area contributed by atoms with E-state index in [2.05, 4.69) is 19.9 Å². The Balaban J connectivity index is 2.09. The molecule has 1 aliphatic heterocycles.